The minimum Gasteiger partial charge on any atom is -0.508 e. The first-order valence-electron chi connectivity index (χ1n) is 13.3. The van der Waals surface area contributed by atoms with Gasteiger partial charge in [0.1, 0.15) is 23.9 Å². The number of hydrogen-bond acceptors (Lipinski definition) is 8. The van der Waals surface area contributed by atoms with E-state index in [1.165, 1.54) is 18.5 Å². The summed E-state index contributed by atoms with van der Waals surface area (Å²) in [6.45, 7) is 4.14. The second kappa shape index (κ2) is 16.2. The molecule has 0 bridgehead atoms. The van der Waals surface area contributed by atoms with Crippen LogP contribution in [0.4, 0.5) is 0 Å². The third-order valence-electron chi connectivity index (χ3n) is 6.24. The molecule has 3 amide bonds. The number of aromatic hydroxyl groups is 1. The summed E-state index contributed by atoms with van der Waals surface area (Å²) in [6, 6.07) is 1.90. The second-order valence-electron chi connectivity index (χ2n) is 10.2. The molecule has 0 saturated heterocycles. The average molecular weight is 560 g/mol. The lowest BCUT2D eigenvalue weighted by Gasteiger charge is -2.26. The van der Waals surface area contributed by atoms with Crippen molar-refractivity contribution in [2.75, 3.05) is 6.54 Å². The number of unbranched alkanes of at least 4 members (excludes halogenated alkanes) is 1. The molecule has 40 heavy (non-hydrogen) atoms. The molecular formula is C27H41N7O6. The molecule has 1 aromatic carbocycles. The van der Waals surface area contributed by atoms with Gasteiger partial charge in [-0.1, -0.05) is 26.0 Å². The van der Waals surface area contributed by atoms with Gasteiger partial charge in [0.25, 0.3) is 0 Å². The Balaban J connectivity index is 2.20. The van der Waals surface area contributed by atoms with Crippen LogP contribution < -0.4 is 27.4 Å². The number of amides is 3. The Morgan fingerprint density at radius 3 is 2.12 bits per heavy atom. The zero-order chi connectivity index (χ0) is 29.7. The van der Waals surface area contributed by atoms with E-state index in [-0.39, 0.29) is 37.4 Å². The molecule has 4 atom stereocenters. The van der Waals surface area contributed by atoms with E-state index in [1.54, 1.807) is 18.3 Å². The molecule has 0 aliphatic rings. The molecule has 220 valence electrons. The van der Waals surface area contributed by atoms with Gasteiger partial charge in [-0.25, -0.2) is 9.78 Å². The minimum atomic E-state index is -1.18. The SMILES string of the molecule is CC(C)CC(NC(=O)C(Cc1ccc(O)cc1)NC(=O)C(N)Cc1cnc[nH]1)C(=O)NC(CCCCN)C(=O)O. The quantitative estimate of drug-likeness (QED) is 0.121. The molecule has 0 aliphatic heterocycles. The Morgan fingerprint density at radius 1 is 0.925 bits per heavy atom. The van der Waals surface area contributed by atoms with Crippen molar-refractivity contribution in [2.45, 2.75) is 76.5 Å². The summed E-state index contributed by atoms with van der Waals surface area (Å²) in [5.74, 6) is -2.99. The monoisotopic (exact) mass is 559 g/mol. The maximum Gasteiger partial charge on any atom is 0.326 e. The van der Waals surface area contributed by atoms with Crippen LogP contribution in [0.3, 0.4) is 0 Å². The van der Waals surface area contributed by atoms with Crippen LogP contribution in [0.15, 0.2) is 36.8 Å². The molecule has 4 unspecified atom stereocenters. The molecule has 0 fully saturated rings. The number of carboxylic acids is 1. The van der Waals surface area contributed by atoms with E-state index in [0.717, 1.165) is 0 Å². The zero-order valence-corrected chi connectivity index (χ0v) is 22.9. The summed E-state index contributed by atoms with van der Waals surface area (Å²) in [7, 11) is 0. The first kappa shape index (κ1) is 32.2. The van der Waals surface area contributed by atoms with E-state index in [4.69, 9.17) is 11.5 Å². The number of aromatic amines is 1. The van der Waals surface area contributed by atoms with Crippen molar-refractivity contribution < 1.29 is 29.4 Å². The van der Waals surface area contributed by atoms with Crippen molar-refractivity contribution in [3.63, 3.8) is 0 Å². The van der Waals surface area contributed by atoms with Crippen LogP contribution in [0.2, 0.25) is 0 Å². The number of nitrogens with zero attached hydrogens (tertiary/aromatic N) is 1. The highest BCUT2D eigenvalue weighted by atomic mass is 16.4. The molecule has 1 aromatic heterocycles. The largest absolute Gasteiger partial charge is 0.508 e. The van der Waals surface area contributed by atoms with Gasteiger partial charge in [0.05, 0.1) is 12.4 Å². The number of aromatic nitrogens is 2. The molecule has 13 nitrogen and oxygen atoms in total. The number of H-pyrrole nitrogens is 1. The third-order valence-corrected chi connectivity index (χ3v) is 6.24. The van der Waals surface area contributed by atoms with Gasteiger partial charge in [0, 0.05) is 24.7 Å². The Kier molecular flexibility index (Phi) is 13.1. The number of hydrogen-bond donors (Lipinski definition) is 8. The van der Waals surface area contributed by atoms with Crippen LogP contribution in [0, 0.1) is 5.92 Å². The van der Waals surface area contributed by atoms with Crippen LogP contribution in [0.25, 0.3) is 0 Å². The van der Waals surface area contributed by atoms with E-state index < -0.39 is 47.9 Å². The second-order valence-corrected chi connectivity index (χ2v) is 10.2. The number of carbonyl (C=O) groups is 4. The van der Waals surface area contributed by atoms with E-state index in [2.05, 4.69) is 25.9 Å². The van der Waals surface area contributed by atoms with Gasteiger partial charge >= 0.3 is 5.97 Å². The van der Waals surface area contributed by atoms with Crippen molar-refractivity contribution in [1.29, 1.82) is 0 Å². The summed E-state index contributed by atoms with van der Waals surface area (Å²) in [6.07, 6.45) is 4.82. The number of rotatable bonds is 17. The number of imidazole rings is 1. The van der Waals surface area contributed by atoms with Crippen molar-refractivity contribution in [3.05, 3.63) is 48.0 Å². The molecular weight excluding hydrogens is 518 g/mol. The topological polar surface area (TPSA) is 226 Å². The number of benzene rings is 1. The molecule has 1 heterocycles. The van der Waals surface area contributed by atoms with Crippen molar-refractivity contribution in [1.82, 2.24) is 25.9 Å². The lowest BCUT2D eigenvalue weighted by Crippen LogP contribution is -2.58. The Morgan fingerprint density at radius 2 is 1.55 bits per heavy atom. The highest BCUT2D eigenvalue weighted by Gasteiger charge is 2.31. The Bertz CT molecular complexity index is 1090. The highest BCUT2D eigenvalue weighted by molar-refractivity contribution is 5.94. The van der Waals surface area contributed by atoms with E-state index in [0.29, 0.717) is 30.6 Å². The molecule has 0 saturated carbocycles. The third kappa shape index (κ3) is 11.0. The van der Waals surface area contributed by atoms with Crippen LogP contribution in [0.1, 0.15) is 50.8 Å². The smallest absolute Gasteiger partial charge is 0.326 e. The van der Waals surface area contributed by atoms with Gasteiger partial charge in [-0.3, -0.25) is 14.4 Å². The predicted molar refractivity (Wildman–Crippen MR) is 148 cm³/mol. The lowest BCUT2D eigenvalue weighted by atomic mass is 10.00. The summed E-state index contributed by atoms with van der Waals surface area (Å²) >= 11 is 0. The summed E-state index contributed by atoms with van der Waals surface area (Å²) in [5, 5.41) is 27.1. The molecule has 0 aliphatic carbocycles. The van der Waals surface area contributed by atoms with Gasteiger partial charge < -0.3 is 42.6 Å². The van der Waals surface area contributed by atoms with Gasteiger partial charge in [-0.05, 0) is 55.8 Å². The fourth-order valence-corrected chi connectivity index (χ4v) is 4.08. The number of phenols is 1. The standard InChI is InChI=1S/C27H41N7O6/c1-16(2)11-22(25(37)32-21(27(39)40)5-3-4-10-28)34-26(38)23(12-17-6-8-19(35)9-7-17)33-24(36)20(29)13-18-14-30-15-31-18/h6-9,14-16,20-23,35H,3-5,10-13,28-29H2,1-2H3,(H,30,31)(H,32,37)(H,33,36)(H,34,38)(H,39,40). The van der Waals surface area contributed by atoms with Crippen molar-refractivity contribution in [3.8, 4) is 5.75 Å². The first-order chi connectivity index (χ1) is 19.0. The van der Waals surface area contributed by atoms with Crippen LogP contribution >= 0.6 is 0 Å². The normalized spacial score (nSPS) is 14.1. The number of aliphatic carboxylic acids is 1. The van der Waals surface area contributed by atoms with E-state index in [1.807, 2.05) is 13.8 Å². The van der Waals surface area contributed by atoms with Gasteiger partial charge in [-0.15, -0.1) is 0 Å². The number of carbonyl (C=O) groups excluding carboxylic acids is 3. The maximum atomic E-state index is 13.5. The predicted octanol–water partition coefficient (Wildman–Crippen LogP) is -0.0581. The zero-order valence-electron chi connectivity index (χ0n) is 22.9. The van der Waals surface area contributed by atoms with E-state index in [9.17, 15) is 29.4 Å². The Hall–Kier alpha value is -3.97. The fourth-order valence-electron chi connectivity index (χ4n) is 4.08. The summed E-state index contributed by atoms with van der Waals surface area (Å²) in [5.41, 5.74) is 12.9. The molecule has 13 heteroatoms. The van der Waals surface area contributed by atoms with Gasteiger partial charge in [0.2, 0.25) is 17.7 Å². The van der Waals surface area contributed by atoms with Crippen LogP contribution in [0.5, 0.6) is 5.75 Å². The average Bonchev–Trinajstić information content (AvgIpc) is 3.41. The number of nitrogens with one attached hydrogen (secondary N) is 4. The van der Waals surface area contributed by atoms with Gasteiger partial charge in [0.15, 0.2) is 0 Å². The molecule has 0 radical (unpaired) electrons. The number of carboxylic acid groups (broad SMARTS) is 1. The molecule has 10 N–H and O–H groups in total. The van der Waals surface area contributed by atoms with Crippen LogP contribution in [-0.4, -0.2) is 74.6 Å². The maximum absolute atomic E-state index is 13.5. The molecule has 2 aromatic rings. The first-order valence-corrected chi connectivity index (χ1v) is 13.3. The summed E-state index contributed by atoms with van der Waals surface area (Å²) < 4.78 is 0. The lowest BCUT2D eigenvalue weighted by molar-refractivity contribution is -0.142. The summed E-state index contributed by atoms with van der Waals surface area (Å²) in [4.78, 5) is 58.0. The van der Waals surface area contributed by atoms with Gasteiger partial charge in [-0.2, -0.15) is 0 Å². The molecule has 0 spiro atoms. The Labute approximate surface area is 233 Å². The van der Waals surface area contributed by atoms with Crippen molar-refractivity contribution in [2.24, 2.45) is 17.4 Å². The number of phenolic OH excluding ortho intramolecular Hbond substituents is 1. The van der Waals surface area contributed by atoms with Crippen LogP contribution in [-0.2, 0) is 32.0 Å². The molecule has 2 rings (SSSR count). The minimum absolute atomic E-state index is 0.00969. The fraction of sp³-hybridized carbons (Fsp3) is 0.519. The van der Waals surface area contributed by atoms with E-state index >= 15 is 0 Å². The highest BCUT2D eigenvalue weighted by Crippen LogP contribution is 2.13. The van der Waals surface area contributed by atoms with Crippen molar-refractivity contribution >= 4 is 23.7 Å². The number of nitrogens with two attached hydrogens (primary N) is 2.